The topological polar surface area (TPSA) is 47.6 Å². The number of halogens is 2. The molecule has 0 N–H and O–H groups in total. The Morgan fingerprint density at radius 1 is 1.07 bits per heavy atom. The van der Waals surface area contributed by atoms with Crippen molar-refractivity contribution < 1.29 is 13.5 Å². The fraction of sp³-hybridized carbons (Fsp3) is 0.0476. The Labute approximate surface area is 159 Å². The van der Waals surface area contributed by atoms with E-state index in [1.54, 1.807) is 37.6 Å². The molecule has 0 amide bonds. The van der Waals surface area contributed by atoms with Crippen LogP contribution in [0.15, 0.2) is 70.1 Å². The van der Waals surface area contributed by atoms with Crippen molar-refractivity contribution in [3.05, 3.63) is 77.1 Å². The second kappa shape index (κ2) is 7.21. The predicted molar refractivity (Wildman–Crippen MR) is 105 cm³/mol. The van der Waals surface area contributed by atoms with Crippen molar-refractivity contribution in [2.75, 3.05) is 7.11 Å². The minimum absolute atomic E-state index is 0.301. The summed E-state index contributed by atoms with van der Waals surface area (Å²) in [7, 11) is 1.57. The molecule has 1 aromatic heterocycles. The largest absolute Gasteiger partial charge is 0.495 e. The van der Waals surface area contributed by atoms with Gasteiger partial charge in [-0.1, -0.05) is 11.6 Å². The summed E-state index contributed by atoms with van der Waals surface area (Å²) in [5, 5.41) is 0.525. The van der Waals surface area contributed by atoms with E-state index >= 15 is 0 Å². The molecule has 0 unspecified atom stereocenters. The minimum atomic E-state index is -0.301. The molecule has 0 aliphatic heterocycles. The van der Waals surface area contributed by atoms with Crippen LogP contribution in [-0.4, -0.2) is 18.3 Å². The minimum Gasteiger partial charge on any atom is -0.495 e. The number of oxazole rings is 1. The molecule has 0 fully saturated rings. The normalized spacial score (nSPS) is 11.4. The van der Waals surface area contributed by atoms with Crippen molar-refractivity contribution >= 4 is 34.6 Å². The van der Waals surface area contributed by atoms with Crippen LogP contribution in [0.5, 0.6) is 5.75 Å². The van der Waals surface area contributed by atoms with Crippen LogP contribution in [0.3, 0.4) is 0 Å². The Morgan fingerprint density at radius 2 is 1.89 bits per heavy atom. The van der Waals surface area contributed by atoms with Crippen LogP contribution in [-0.2, 0) is 0 Å². The van der Waals surface area contributed by atoms with Crippen LogP contribution < -0.4 is 4.74 Å². The third-order valence-corrected chi connectivity index (χ3v) is 4.30. The van der Waals surface area contributed by atoms with Gasteiger partial charge in [-0.25, -0.2) is 9.37 Å². The first-order valence-electron chi connectivity index (χ1n) is 8.16. The van der Waals surface area contributed by atoms with E-state index in [9.17, 15) is 4.39 Å². The molecule has 0 aliphatic rings. The van der Waals surface area contributed by atoms with Gasteiger partial charge in [-0.05, 0) is 66.2 Å². The van der Waals surface area contributed by atoms with E-state index in [2.05, 4.69) is 9.98 Å². The van der Waals surface area contributed by atoms with Gasteiger partial charge < -0.3 is 9.15 Å². The van der Waals surface area contributed by atoms with E-state index in [-0.39, 0.29) is 5.82 Å². The molecule has 6 heteroatoms. The Balaban J connectivity index is 1.61. The van der Waals surface area contributed by atoms with Crippen molar-refractivity contribution in [3.63, 3.8) is 0 Å². The Hall–Kier alpha value is -3.18. The zero-order valence-corrected chi connectivity index (χ0v) is 15.1. The average molecular weight is 381 g/mol. The Morgan fingerprint density at radius 3 is 2.63 bits per heavy atom. The molecule has 0 spiro atoms. The number of aromatic nitrogens is 1. The number of aliphatic imine (C=N–C) groups is 1. The van der Waals surface area contributed by atoms with Gasteiger partial charge in [-0.15, -0.1) is 0 Å². The number of ether oxygens (including phenoxy) is 1. The monoisotopic (exact) mass is 380 g/mol. The fourth-order valence-corrected chi connectivity index (χ4v) is 2.89. The van der Waals surface area contributed by atoms with E-state index in [1.807, 2.05) is 24.3 Å². The lowest BCUT2D eigenvalue weighted by Crippen LogP contribution is -1.86. The lowest BCUT2D eigenvalue weighted by molar-refractivity contribution is 0.415. The van der Waals surface area contributed by atoms with Crippen molar-refractivity contribution in [1.29, 1.82) is 0 Å². The van der Waals surface area contributed by atoms with Crippen LogP contribution in [0, 0.1) is 5.82 Å². The standard InChI is InChI=1S/C21H14ClFN2O2/c1-26-19-8-2-13(10-17(19)22)12-24-16-7-9-20-18(11-16)25-21(27-20)14-3-5-15(23)6-4-14/h2-12H,1H3. The van der Waals surface area contributed by atoms with Gasteiger partial charge >= 0.3 is 0 Å². The lowest BCUT2D eigenvalue weighted by Gasteiger charge is -2.02. The highest BCUT2D eigenvalue weighted by molar-refractivity contribution is 6.32. The van der Waals surface area contributed by atoms with Gasteiger partial charge in [0.15, 0.2) is 5.58 Å². The molecule has 27 heavy (non-hydrogen) atoms. The van der Waals surface area contributed by atoms with E-state index in [0.29, 0.717) is 33.3 Å². The summed E-state index contributed by atoms with van der Waals surface area (Å²) in [5.74, 6) is 0.754. The molecule has 134 valence electrons. The number of fused-ring (bicyclic) bond motifs is 1. The highest BCUT2D eigenvalue weighted by Gasteiger charge is 2.09. The molecule has 4 rings (SSSR count). The molecular formula is C21H14ClFN2O2. The number of hydrogen-bond donors (Lipinski definition) is 0. The second-order valence-corrected chi connectivity index (χ2v) is 6.24. The maximum atomic E-state index is 13.1. The highest BCUT2D eigenvalue weighted by atomic mass is 35.5. The molecule has 0 bridgehead atoms. The molecule has 1 heterocycles. The number of nitrogens with zero attached hydrogens (tertiary/aromatic N) is 2. The number of hydrogen-bond acceptors (Lipinski definition) is 4. The number of benzene rings is 3. The molecule has 3 aromatic carbocycles. The van der Waals surface area contributed by atoms with E-state index in [1.165, 1.54) is 12.1 Å². The molecular weight excluding hydrogens is 367 g/mol. The van der Waals surface area contributed by atoms with Gasteiger partial charge in [0.25, 0.3) is 0 Å². The van der Waals surface area contributed by atoms with Crippen LogP contribution in [0.2, 0.25) is 5.02 Å². The predicted octanol–water partition coefficient (Wildman–Crippen LogP) is 6.05. The molecule has 4 nitrogen and oxygen atoms in total. The SMILES string of the molecule is COc1ccc(C=Nc2ccc3oc(-c4ccc(F)cc4)nc3c2)cc1Cl. The fourth-order valence-electron chi connectivity index (χ4n) is 2.62. The first-order valence-corrected chi connectivity index (χ1v) is 8.54. The summed E-state index contributed by atoms with van der Waals surface area (Å²) in [6, 6.07) is 16.9. The molecule has 0 saturated heterocycles. The van der Waals surface area contributed by atoms with Gasteiger partial charge in [0.1, 0.15) is 17.1 Å². The van der Waals surface area contributed by atoms with Crippen LogP contribution >= 0.6 is 11.6 Å². The van der Waals surface area contributed by atoms with Gasteiger partial charge in [0, 0.05) is 11.8 Å². The maximum Gasteiger partial charge on any atom is 0.227 e. The smallest absolute Gasteiger partial charge is 0.227 e. The first-order chi connectivity index (χ1) is 13.1. The Bertz CT molecular complexity index is 1140. The summed E-state index contributed by atoms with van der Waals surface area (Å²) in [6.45, 7) is 0. The van der Waals surface area contributed by atoms with Gasteiger partial charge in [0.2, 0.25) is 5.89 Å². The van der Waals surface area contributed by atoms with Crippen molar-refractivity contribution in [3.8, 4) is 17.2 Å². The number of methoxy groups -OCH3 is 1. The third kappa shape index (κ3) is 3.68. The molecule has 0 aliphatic carbocycles. The summed E-state index contributed by atoms with van der Waals surface area (Å²) in [6.07, 6.45) is 1.72. The summed E-state index contributed by atoms with van der Waals surface area (Å²) in [4.78, 5) is 8.93. The molecule has 0 atom stereocenters. The van der Waals surface area contributed by atoms with Crippen molar-refractivity contribution in [1.82, 2.24) is 4.98 Å². The van der Waals surface area contributed by atoms with Crippen molar-refractivity contribution in [2.24, 2.45) is 4.99 Å². The van der Waals surface area contributed by atoms with E-state index in [4.69, 9.17) is 20.8 Å². The summed E-state index contributed by atoms with van der Waals surface area (Å²) >= 11 is 6.13. The third-order valence-electron chi connectivity index (χ3n) is 4.00. The zero-order chi connectivity index (χ0) is 18.8. The summed E-state index contributed by atoms with van der Waals surface area (Å²) in [5.41, 5.74) is 3.62. The quantitative estimate of drug-likeness (QED) is 0.405. The van der Waals surface area contributed by atoms with Crippen LogP contribution in [0.25, 0.3) is 22.6 Å². The average Bonchev–Trinajstić information content (AvgIpc) is 3.10. The Kier molecular flexibility index (Phi) is 4.60. The van der Waals surface area contributed by atoms with Crippen LogP contribution in [0.4, 0.5) is 10.1 Å². The molecule has 0 radical (unpaired) electrons. The van der Waals surface area contributed by atoms with Gasteiger partial charge in [-0.3, -0.25) is 4.99 Å². The van der Waals surface area contributed by atoms with Gasteiger partial charge in [0.05, 0.1) is 17.8 Å². The van der Waals surface area contributed by atoms with E-state index < -0.39 is 0 Å². The van der Waals surface area contributed by atoms with Crippen molar-refractivity contribution in [2.45, 2.75) is 0 Å². The molecule has 4 aromatic rings. The maximum absolute atomic E-state index is 13.1. The van der Waals surface area contributed by atoms with Crippen LogP contribution in [0.1, 0.15) is 5.56 Å². The highest BCUT2D eigenvalue weighted by Crippen LogP contribution is 2.28. The summed E-state index contributed by atoms with van der Waals surface area (Å²) < 4.78 is 23.9. The lowest BCUT2D eigenvalue weighted by atomic mass is 10.2. The van der Waals surface area contributed by atoms with Gasteiger partial charge in [-0.2, -0.15) is 0 Å². The zero-order valence-electron chi connectivity index (χ0n) is 14.3. The first kappa shape index (κ1) is 17.2. The molecule has 0 saturated carbocycles. The number of rotatable bonds is 4. The van der Waals surface area contributed by atoms with E-state index in [0.717, 1.165) is 11.3 Å². The second-order valence-electron chi connectivity index (χ2n) is 5.83.